The Balaban J connectivity index is 3.05. The smallest absolute Gasteiger partial charge is 0.167 e. The summed E-state index contributed by atoms with van der Waals surface area (Å²) in [5, 5.41) is 0. The normalized spacial score (nSPS) is 13.2. The minimum absolute atomic E-state index is 0.729. The molecule has 0 aromatic heterocycles. The Morgan fingerprint density at radius 1 is 1.00 bits per heavy atom. The van der Waals surface area contributed by atoms with Crippen LogP contribution in [-0.2, 0) is 4.52 Å². The topological polar surface area (TPSA) is 29.5 Å². The van der Waals surface area contributed by atoms with Crippen LogP contribution in [0.3, 0.4) is 0 Å². The molecule has 0 rings (SSSR count). The molecule has 0 aliphatic rings. The molecule has 0 amide bonds. The summed E-state index contributed by atoms with van der Waals surface area (Å²) in [6.45, 7) is 5.05. The SMILES string of the molecule is CCCCCCP(O)OCCCC. The van der Waals surface area contributed by atoms with Crippen molar-refractivity contribution in [2.24, 2.45) is 0 Å². The summed E-state index contributed by atoms with van der Waals surface area (Å²) in [6, 6.07) is 0. The van der Waals surface area contributed by atoms with Gasteiger partial charge < -0.3 is 9.42 Å². The summed E-state index contributed by atoms with van der Waals surface area (Å²) in [6.07, 6.45) is 7.93. The zero-order valence-electron chi connectivity index (χ0n) is 8.96. The van der Waals surface area contributed by atoms with E-state index in [1.807, 2.05) is 0 Å². The maximum Gasteiger partial charge on any atom is 0.167 e. The molecular weight excluding hydrogens is 183 g/mol. The first-order valence-electron chi connectivity index (χ1n) is 5.40. The van der Waals surface area contributed by atoms with Crippen LogP contribution in [0.15, 0.2) is 0 Å². The molecule has 0 aromatic rings. The van der Waals surface area contributed by atoms with Crippen molar-refractivity contribution in [2.75, 3.05) is 12.8 Å². The Bertz CT molecular complexity index is 98.9. The molecule has 0 spiro atoms. The van der Waals surface area contributed by atoms with Crippen molar-refractivity contribution in [3.8, 4) is 0 Å². The molecule has 0 bridgehead atoms. The molecule has 0 aromatic carbocycles. The molecule has 2 nitrogen and oxygen atoms in total. The van der Waals surface area contributed by atoms with Crippen LogP contribution >= 0.6 is 8.38 Å². The lowest BCUT2D eigenvalue weighted by atomic mass is 10.2. The van der Waals surface area contributed by atoms with Gasteiger partial charge in [0.15, 0.2) is 8.38 Å². The third-order valence-corrected chi connectivity index (χ3v) is 3.12. The van der Waals surface area contributed by atoms with Crippen LogP contribution in [0.5, 0.6) is 0 Å². The van der Waals surface area contributed by atoms with Gasteiger partial charge in [-0.25, -0.2) is 0 Å². The first-order valence-corrected chi connectivity index (χ1v) is 6.80. The first kappa shape index (κ1) is 13.4. The van der Waals surface area contributed by atoms with Gasteiger partial charge in [0.2, 0.25) is 0 Å². The van der Waals surface area contributed by atoms with Gasteiger partial charge in [0.05, 0.1) is 6.61 Å². The standard InChI is InChI=1S/C10H23O2P/c1-3-5-7-8-10-13(11)12-9-6-4-2/h11H,3-10H2,1-2H3. The van der Waals surface area contributed by atoms with E-state index in [4.69, 9.17) is 4.52 Å². The zero-order chi connectivity index (χ0) is 9.94. The maximum absolute atomic E-state index is 9.42. The van der Waals surface area contributed by atoms with E-state index in [1.165, 1.54) is 19.3 Å². The fourth-order valence-electron chi connectivity index (χ4n) is 1.05. The minimum atomic E-state index is -1.11. The second kappa shape index (κ2) is 10.4. The van der Waals surface area contributed by atoms with Gasteiger partial charge >= 0.3 is 0 Å². The van der Waals surface area contributed by atoms with Crippen molar-refractivity contribution in [3.05, 3.63) is 0 Å². The fraction of sp³-hybridized carbons (Fsp3) is 1.00. The van der Waals surface area contributed by atoms with Crippen molar-refractivity contribution < 1.29 is 9.42 Å². The van der Waals surface area contributed by atoms with Crippen LogP contribution in [0.1, 0.15) is 52.4 Å². The number of unbranched alkanes of at least 4 members (excludes halogenated alkanes) is 4. The largest absolute Gasteiger partial charge is 0.350 e. The molecule has 0 heterocycles. The quantitative estimate of drug-likeness (QED) is 0.460. The average Bonchev–Trinajstić information content (AvgIpc) is 2.13. The first-order chi connectivity index (χ1) is 6.31. The zero-order valence-corrected chi connectivity index (χ0v) is 9.85. The summed E-state index contributed by atoms with van der Waals surface area (Å²) in [5.74, 6) is 0. The fourth-order valence-corrected chi connectivity index (χ4v) is 2.02. The second-order valence-corrected chi connectivity index (χ2v) is 4.73. The van der Waals surface area contributed by atoms with Crippen LogP contribution in [0, 0.1) is 0 Å². The Kier molecular flexibility index (Phi) is 10.7. The molecule has 1 unspecified atom stereocenters. The van der Waals surface area contributed by atoms with Crippen molar-refractivity contribution in [3.63, 3.8) is 0 Å². The summed E-state index contributed by atoms with van der Waals surface area (Å²) in [5.41, 5.74) is 0. The van der Waals surface area contributed by atoms with Crippen molar-refractivity contribution >= 4 is 8.38 Å². The highest BCUT2D eigenvalue weighted by molar-refractivity contribution is 7.46. The molecule has 80 valence electrons. The number of rotatable bonds is 9. The predicted octanol–water partition coefficient (Wildman–Crippen LogP) is 3.69. The van der Waals surface area contributed by atoms with E-state index in [9.17, 15) is 4.89 Å². The lowest BCUT2D eigenvalue weighted by Crippen LogP contribution is -1.92. The highest BCUT2D eigenvalue weighted by atomic mass is 31.2. The van der Waals surface area contributed by atoms with Gasteiger partial charge in [-0.2, -0.15) is 0 Å². The van der Waals surface area contributed by atoms with Crippen LogP contribution in [0.2, 0.25) is 0 Å². The summed E-state index contributed by atoms with van der Waals surface area (Å²) < 4.78 is 5.28. The molecule has 1 N–H and O–H groups in total. The third-order valence-electron chi connectivity index (χ3n) is 1.94. The lowest BCUT2D eigenvalue weighted by molar-refractivity contribution is 0.302. The van der Waals surface area contributed by atoms with Gasteiger partial charge in [0.1, 0.15) is 0 Å². The number of hydrogen-bond donors (Lipinski definition) is 1. The Labute approximate surface area is 83.6 Å². The predicted molar refractivity (Wildman–Crippen MR) is 59.0 cm³/mol. The molecule has 3 heteroatoms. The van der Waals surface area contributed by atoms with Gasteiger partial charge in [-0.05, 0) is 12.8 Å². The van der Waals surface area contributed by atoms with E-state index in [-0.39, 0.29) is 0 Å². The monoisotopic (exact) mass is 206 g/mol. The van der Waals surface area contributed by atoms with E-state index in [1.54, 1.807) is 0 Å². The number of hydrogen-bond acceptors (Lipinski definition) is 2. The average molecular weight is 206 g/mol. The van der Waals surface area contributed by atoms with Crippen LogP contribution in [0.25, 0.3) is 0 Å². The van der Waals surface area contributed by atoms with Gasteiger partial charge in [0.25, 0.3) is 0 Å². The molecule has 0 aliphatic heterocycles. The van der Waals surface area contributed by atoms with Gasteiger partial charge in [-0.15, -0.1) is 0 Å². The lowest BCUT2D eigenvalue weighted by Gasteiger charge is -2.09. The second-order valence-electron chi connectivity index (χ2n) is 3.32. The molecule has 0 saturated heterocycles. The Morgan fingerprint density at radius 3 is 2.31 bits per heavy atom. The van der Waals surface area contributed by atoms with Crippen molar-refractivity contribution in [2.45, 2.75) is 52.4 Å². The minimum Gasteiger partial charge on any atom is -0.350 e. The highest BCUT2D eigenvalue weighted by Crippen LogP contribution is 2.32. The highest BCUT2D eigenvalue weighted by Gasteiger charge is 2.03. The molecule has 0 aliphatic carbocycles. The summed E-state index contributed by atoms with van der Waals surface area (Å²) >= 11 is 0. The van der Waals surface area contributed by atoms with Crippen LogP contribution in [-0.4, -0.2) is 17.7 Å². The maximum atomic E-state index is 9.42. The molecule has 0 saturated carbocycles. The van der Waals surface area contributed by atoms with Crippen LogP contribution in [0.4, 0.5) is 0 Å². The third kappa shape index (κ3) is 10.3. The van der Waals surface area contributed by atoms with Crippen molar-refractivity contribution in [1.29, 1.82) is 0 Å². The molecule has 13 heavy (non-hydrogen) atoms. The van der Waals surface area contributed by atoms with Crippen LogP contribution < -0.4 is 0 Å². The van der Waals surface area contributed by atoms with Gasteiger partial charge in [-0.1, -0.05) is 39.5 Å². The Hall–Kier alpha value is 0.350. The summed E-state index contributed by atoms with van der Waals surface area (Å²) in [7, 11) is -1.11. The van der Waals surface area contributed by atoms with E-state index in [2.05, 4.69) is 13.8 Å². The van der Waals surface area contributed by atoms with E-state index >= 15 is 0 Å². The Morgan fingerprint density at radius 2 is 1.69 bits per heavy atom. The van der Waals surface area contributed by atoms with E-state index in [0.29, 0.717) is 0 Å². The molecule has 1 atom stereocenters. The van der Waals surface area contributed by atoms with Gasteiger partial charge in [0, 0.05) is 6.16 Å². The molecular formula is C10H23O2P. The molecule has 0 radical (unpaired) electrons. The van der Waals surface area contributed by atoms with E-state index in [0.717, 1.165) is 32.0 Å². The summed E-state index contributed by atoms with van der Waals surface area (Å²) in [4.78, 5) is 9.42. The van der Waals surface area contributed by atoms with Gasteiger partial charge in [-0.3, -0.25) is 0 Å². The van der Waals surface area contributed by atoms with E-state index < -0.39 is 8.38 Å². The molecule has 0 fully saturated rings. The van der Waals surface area contributed by atoms with Crippen molar-refractivity contribution in [1.82, 2.24) is 0 Å².